The lowest BCUT2D eigenvalue weighted by Gasteiger charge is -1.99. The highest BCUT2D eigenvalue weighted by molar-refractivity contribution is 7.13. The van der Waals surface area contributed by atoms with Gasteiger partial charge in [0.25, 0.3) is 0 Å². The number of hydrogen-bond donors (Lipinski definition) is 2. The van der Waals surface area contributed by atoms with Gasteiger partial charge in [-0.1, -0.05) is 36.4 Å². The summed E-state index contributed by atoms with van der Waals surface area (Å²) >= 11 is 1.68. The molecule has 0 unspecified atom stereocenters. The number of nitrogens with one attached hydrogen (secondary N) is 1. The van der Waals surface area contributed by atoms with Gasteiger partial charge in [-0.05, 0) is 35.7 Å². The second-order valence-corrected chi connectivity index (χ2v) is 6.15. The van der Waals surface area contributed by atoms with E-state index in [0.29, 0.717) is 0 Å². The number of imidazole rings is 1. The number of rotatable bonds is 3. The summed E-state index contributed by atoms with van der Waals surface area (Å²) in [5, 5.41) is 11.5. The third-order valence-corrected chi connectivity index (χ3v) is 4.55. The number of hydrogen-bond acceptors (Lipinski definition) is 3. The first kappa shape index (κ1) is 13.8. The van der Waals surface area contributed by atoms with Crippen molar-refractivity contribution in [3.05, 3.63) is 72.1 Å². The molecule has 4 heteroatoms. The average molecular weight is 318 g/mol. The zero-order valence-corrected chi connectivity index (χ0v) is 13.0. The van der Waals surface area contributed by atoms with Crippen molar-refractivity contribution in [3.8, 4) is 39.0 Å². The van der Waals surface area contributed by atoms with Gasteiger partial charge in [-0.15, -0.1) is 11.3 Å². The number of benzene rings is 2. The Morgan fingerprint density at radius 3 is 2.30 bits per heavy atom. The monoisotopic (exact) mass is 318 g/mol. The van der Waals surface area contributed by atoms with Gasteiger partial charge in [0, 0.05) is 11.1 Å². The Balaban J connectivity index is 1.89. The Morgan fingerprint density at radius 2 is 1.61 bits per heavy atom. The van der Waals surface area contributed by atoms with Crippen molar-refractivity contribution in [3.63, 3.8) is 0 Å². The summed E-state index contributed by atoms with van der Waals surface area (Å²) in [5.74, 6) is 1.05. The number of phenolic OH excluding ortho intramolecular Hbond substituents is 1. The fourth-order valence-electron chi connectivity index (χ4n) is 2.53. The lowest BCUT2D eigenvalue weighted by atomic mass is 10.1. The van der Waals surface area contributed by atoms with E-state index in [2.05, 4.69) is 28.6 Å². The minimum atomic E-state index is 0.252. The van der Waals surface area contributed by atoms with E-state index < -0.39 is 0 Å². The summed E-state index contributed by atoms with van der Waals surface area (Å²) in [6.45, 7) is 0. The molecule has 0 saturated heterocycles. The van der Waals surface area contributed by atoms with Crippen molar-refractivity contribution in [2.24, 2.45) is 0 Å². The first-order valence-corrected chi connectivity index (χ1v) is 8.18. The first-order chi connectivity index (χ1) is 11.3. The van der Waals surface area contributed by atoms with Gasteiger partial charge in [0.15, 0.2) is 0 Å². The van der Waals surface area contributed by atoms with Gasteiger partial charge in [-0.2, -0.15) is 0 Å². The molecule has 0 amide bonds. The highest BCUT2D eigenvalue weighted by Gasteiger charge is 2.15. The van der Waals surface area contributed by atoms with E-state index in [1.165, 1.54) is 0 Å². The van der Waals surface area contributed by atoms with Gasteiger partial charge < -0.3 is 10.1 Å². The number of thiophene rings is 1. The van der Waals surface area contributed by atoms with Gasteiger partial charge in [0.2, 0.25) is 0 Å². The van der Waals surface area contributed by atoms with E-state index in [-0.39, 0.29) is 5.75 Å². The van der Waals surface area contributed by atoms with Gasteiger partial charge in [-0.3, -0.25) is 0 Å². The molecule has 0 aliphatic rings. The van der Waals surface area contributed by atoms with Crippen LogP contribution in [0.4, 0.5) is 0 Å². The molecule has 0 radical (unpaired) electrons. The van der Waals surface area contributed by atoms with E-state index in [1.807, 2.05) is 36.4 Å². The lowest BCUT2D eigenvalue weighted by Crippen LogP contribution is -1.81. The molecule has 4 rings (SSSR count). The van der Waals surface area contributed by atoms with E-state index >= 15 is 0 Å². The number of nitrogens with zero attached hydrogens (tertiary/aromatic N) is 1. The van der Waals surface area contributed by atoms with Crippen LogP contribution in [0, 0.1) is 0 Å². The molecule has 23 heavy (non-hydrogen) atoms. The largest absolute Gasteiger partial charge is 0.508 e. The topological polar surface area (TPSA) is 48.9 Å². The fourth-order valence-corrected chi connectivity index (χ4v) is 3.26. The highest BCUT2D eigenvalue weighted by Crippen LogP contribution is 2.35. The summed E-state index contributed by atoms with van der Waals surface area (Å²) in [6, 6.07) is 21.4. The number of phenols is 1. The van der Waals surface area contributed by atoms with Crippen molar-refractivity contribution >= 4 is 11.3 Å². The molecule has 0 fully saturated rings. The lowest BCUT2D eigenvalue weighted by molar-refractivity contribution is 0.475. The highest BCUT2D eigenvalue weighted by atomic mass is 32.1. The van der Waals surface area contributed by atoms with Crippen molar-refractivity contribution in [2.75, 3.05) is 0 Å². The second kappa shape index (κ2) is 5.74. The second-order valence-electron chi connectivity index (χ2n) is 5.20. The maximum atomic E-state index is 9.46. The molecule has 2 heterocycles. The quantitative estimate of drug-likeness (QED) is 0.547. The molecule has 0 saturated carbocycles. The van der Waals surface area contributed by atoms with E-state index in [9.17, 15) is 5.11 Å². The van der Waals surface area contributed by atoms with Gasteiger partial charge >= 0.3 is 0 Å². The Morgan fingerprint density at radius 1 is 0.826 bits per heavy atom. The molecule has 4 aromatic rings. The van der Waals surface area contributed by atoms with E-state index in [4.69, 9.17) is 4.98 Å². The van der Waals surface area contributed by atoms with Crippen molar-refractivity contribution in [1.29, 1.82) is 0 Å². The molecule has 0 bridgehead atoms. The van der Waals surface area contributed by atoms with Crippen LogP contribution in [0.2, 0.25) is 0 Å². The molecular formula is C19H14N2OS. The number of aromatic amines is 1. The first-order valence-electron chi connectivity index (χ1n) is 7.30. The van der Waals surface area contributed by atoms with Crippen LogP contribution < -0.4 is 0 Å². The molecule has 2 aromatic carbocycles. The summed E-state index contributed by atoms with van der Waals surface area (Å²) < 4.78 is 0. The maximum absolute atomic E-state index is 9.46. The van der Waals surface area contributed by atoms with Crippen molar-refractivity contribution in [2.45, 2.75) is 0 Å². The molecule has 2 N–H and O–H groups in total. The number of H-pyrrole nitrogens is 1. The maximum Gasteiger partial charge on any atom is 0.138 e. The molecule has 0 spiro atoms. The van der Waals surface area contributed by atoms with Crippen LogP contribution in [0.3, 0.4) is 0 Å². The smallest absolute Gasteiger partial charge is 0.138 e. The van der Waals surface area contributed by atoms with Crippen molar-refractivity contribution in [1.82, 2.24) is 9.97 Å². The van der Waals surface area contributed by atoms with Crippen LogP contribution >= 0.6 is 11.3 Å². The third kappa shape index (κ3) is 2.64. The van der Waals surface area contributed by atoms with Gasteiger partial charge in [0.05, 0.1) is 16.3 Å². The van der Waals surface area contributed by atoms with Crippen LogP contribution in [0.5, 0.6) is 5.75 Å². The van der Waals surface area contributed by atoms with Gasteiger partial charge in [0.1, 0.15) is 11.6 Å². The molecule has 0 atom stereocenters. The minimum Gasteiger partial charge on any atom is -0.508 e. The third-order valence-electron chi connectivity index (χ3n) is 3.66. The number of aromatic nitrogens is 2. The molecule has 3 nitrogen and oxygen atoms in total. The average Bonchev–Trinajstić information content (AvgIpc) is 3.26. The Kier molecular flexibility index (Phi) is 3.44. The Bertz CT molecular complexity index is 910. The molecular weight excluding hydrogens is 304 g/mol. The molecule has 0 aliphatic carbocycles. The minimum absolute atomic E-state index is 0.252. The Hall–Kier alpha value is -2.85. The summed E-state index contributed by atoms with van der Waals surface area (Å²) in [7, 11) is 0. The van der Waals surface area contributed by atoms with E-state index in [0.717, 1.165) is 33.2 Å². The summed E-state index contributed by atoms with van der Waals surface area (Å²) in [4.78, 5) is 9.40. The zero-order chi connectivity index (χ0) is 15.6. The predicted molar refractivity (Wildman–Crippen MR) is 94.4 cm³/mol. The molecule has 2 aromatic heterocycles. The zero-order valence-electron chi connectivity index (χ0n) is 12.2. The summed E-state index contributed by atoms with van der Waals surface area (Å²) in [6.07, 6.45) is 0. The van der Waals surface area contributed by atoms with Crippen LogP contribution in [0.25, 0.3) is 33.2 Å². The van der Waals surface area contributed by atoms with Crippen molar-refractivity contribution < 1.29 is 5.11 Å². The molecule has 112 valence electrons. The number of aromatic hydroxyl groups is 1. The molecule has 0 aliphatic heterocycles. The van der Waals surface area contributed by atoms with Crippen LogP contribution in [-0.2, 0) is 0 Å². The van der Waals surface area contributed by atoms with E-state index in [1.54, 1.807) is 23.5 Å². The van der Waals surface area contributed by atoms with Crippen LogP contribution in [0.1, 0.15) is 0 Å². The van der Waals surface area contributed by atoms with Crippen LogP contribution in [-0.4, -0.2) is 15.1 Å². The predicted octanol–water partition coefficient (Wildman–Crippen LogP) is 5.18. The van der Waals surface area contributed by atoms with Gasteiger partial charge in [-0.25, -0.2) is 4.98 Å². The summed E-state index contributed by atoms with van der Waals surface area (Å²) in [5.41, 5.74) is 3.99. The normalized spacial score (nSPS) is 10.8. The fraction of sp³-hybridized carbons (Fsp3) is 0. The standard InChI is InChI=1S/C19H14N2OS/c22-15-10-8-14(9-11-15)19-20-17(13-5-2-1-3-6-13)18(21-19)16-7-4-12-23-16/h1-12,22H,(H,20,21). The SMILES string of the molecule is Oc1ccc(-c2nc(-c3ccccc3)c(-c3cccs3)[nH]2)cc1. The Labute approximate surface area is 137 Å². The van der Waals surface area contributed by atoms with Crippen LogP contribution in [0.15, 0.2) is 72.1 Å².